The molecule has 104 valence electrons. The number of para-hydroxylation sites is 1. The molecule has 0 aliphatic heterocycles. The zero-order valence-corrected chi connectivity index (χ0v) is 11.1. The number of nitrogens with zero attached hydrogens (tertiary/aromatic N) is 1. The molecular formula is C15H17N3O2. The Bertz CT molecular complexity index is 651. The van der Waals surface area contributed by atoms with Gasteiger partial charge < -0.3 is 16.2 Å². The molecule has 4 N–H and O–H groups in total. The highest BCUT2D eigenvalue weighted by Crippen LogP contribution is 2.32. The number of carbonyl (C=O) groups excluding carboxylic acids is 1. The molecule has 1 aliphatic carbocycles. The molecule has 3 rings (SSSR count). The van der Waals surface area contributed by atoms with Crippen molar-refractivity contribution in [2.24, 2.45) is 17.4 Å². The molecule has 1 heterocycles. The Morgan fingerprint density at radius 2 is 2.10 bits per heavy atom. The first kappa shape index (κ1) is 12.9. The Morgan fingerprint density at radius 3 is 2.80 bits per heavy atom. The maximum Gasteiger partial charge on any atom is 0.254 e. The summed E-state index contributed by atoms with van der Waals surface area (Å²) in [5.74, 6) is 0.321. The number of benzene rings is 1. The van der Waals surface area contributed by atoms with E-state index in [1.54, 1.807) is 6.07 Å². The van der Waals surface area contributed by atoms with Crippen LogP contribution in [0.15, 0.2) is 30.3 Å². The van der Waals surface area contributed by atoms with Crippen LogP contribution in [-0.4, -0.2) is 23.5 Å². The lowest BCUT2D eigenvalue weighted by Gasteiger charge is -2.34. The molecule has 1 aromatic carbocycles. The third-order valence-electron chi connectivity index (χ3n) is 3.76. The quantitative estimate of drug-likeness (QED) is 0.880. The predicted molar refractivity (Wildman–Crippen MR) is 76.5 cm³/mol. The zero-order valence-electron chi connectivity index (χ0n) is 11.1. The van der Waals surface area contributed by atoms with Crippen molar-refractivity contribution in [1.29, 1.82) is 0 Å². The summed E-state index contributed by atoms with van der Waals surface area (Å²) < 4.78 is 5.82. The van der Waals surface area contributed by atoms with Crippen molar-refractivity contribution in [2.75, 3.05) is 6.54 Å². The van der Waals surface area contributed by atoms with Gasteiger partial charge in [-0.15, -0.1) is 0 Å². The Balaban J connectivity index is 1.91. The maximum atomic E-state index is 11.6. The molecule has 1 aromatic heterocycles. The van der Waals surface area contributed by atoms with Crippen molar-refractivity contribution in [3.63, 3.8) is 0 Å². The van der Waals surface area contributed by atoms with Gasteiger partial charge in [0.15, 0.2) is 0 Å². The van der Waals surface area contributed by atoms with Gasteiger partial charge in [0.1, 0.15) is 11.7 Å². The van der Waals surface area contributed by atoms with E-state index in [-0.39, 0.29) is 6.10 Å². The van der Waals surface area contributed by atoms with Gasteiger partial charge in [0.05, 0.1) is 5.52 Å². The van der Waals surface area contributed by atoms with Gasteiger partial charge in [-0.1, -0.05) is 18.2 Å². The summed E-state index contributed by atoms with van der Waals surface area (Å²) in [5, 5.41) is 0.877. The van der Waals surface area contributed by atoms with E-state index in [9.17, 15) is 4.79 Å². The molecule has 1 saturated carbocycles. The smallest absolute Gasteiger partial charge is 0.254 e. The number of rotatable bonds is 4. The van der Waals surface area contributed by atoms with Crippen LogP contribution in [-0.2, 0) is 0 Å². The Labute approximate surface area is 116 Å². The van der Waals surface area contributed by atoms with Crippen molar-refractivity contribution in [3.05, 3.63) is 35.9 Å². The van der Waals surface area contributed by atoms with Crippen molar-refractivity contribution < 1.29 is 9.53 Å². The summed E-state index contributed by atoms with van der Waals surface area (Å²) in [6.45, 7) is 0.674. The summed E-state index contributed by atoms with van der Waals surface area (Å²) in [7, 11) is 0. The second kappa shape index (κ2) is 5.09. The van der Waals surface area contributed by atoms with E-state index in [2.05, 4.69) is 4.98 Å². The topological polar surface area (TPSA) is 91.2 Å². The molecule has 0 bridgehead atoms. The van der Waals surface area contributed by atoms with Gasteiger partial charge in [-0.05, 0) is 37.4 Å². The van der Waals surface area contributed by atoms with Crippen LogP contribution in [0.4, 0.5) is 0 Å². The summed E-state index contributed by atoms with van der Waals surface area (Å²) in [6.07, 6.45) is 1.89. The Kier molecular flexibility index (Phi) is 3.28. The molecule has 0 radical (unpaired) electrons. The van der Waals surface area contributed by atoms with Gasteiger partial charge in [-0.2, -0.15) is 0 Å². The van der Waals surface area contributed by atoms with Crippen LogP contribution in [0.3, 0.4) is 0 Å². The first-order valence-electron chi connectivity index (χ1n) is 6.73. The predicted octanol–water partition coefficient (Wildman–Crippen LogP) is 1.45. The third kappa shape index (κ3) is 2.32. The molecule has 1 aliphatic rings. The fourth-order valence-electron chi connectivity index (χ4n) is 2.49. The number of carbonyl (C=O) groups is 1. The second-order valence-corrected chi connectivity index (χ2v) is 5.21. The largest absolute Gasteiger partial charge is 0.474 e. The van der Waals surface area contributed by atoms with E-state index in [1.165, 1.54) is 0 Å². The Morgan fingerprint density at radius 1 is 1.35 bits per heavy atom. The fraction of sp³-hybridized carbons (Fsp3) is 0.333. The van der Waals surface area contributed by atoms with Crippen LogP contribution in [0, 0.1) is 5.92 Å². The lowest BCUT2D eigenvalue weighted by atomic mass is 9.82. The van der Waals surface area contributed by atoms with Crippen LogP contribution in [0.2, 0.25) is 0 Å². The minimum absolute atomic E-state index is 0.0790. The normalized spacial score (nSPS) is 21.4. The first-order chi connectivity index (χ1) is 9.67. The van der Waals surface area contributed by atoms with Crippen LogP contribution in [0.1, 0.15) is 23.2 Å². The van der Waals surface area contributed by atoms with Crippen molar-refractivity contribution in [2.45, 2.75) is 18.9 Å². The SMILES string of the molecule is NCC1CC(Oc2nc3ccccc3cc2C(N)=O)C1. The summed E-state index contributed by atoms with van der Waals surface area (Å²) in [6, 6.07) is 9.31. The molecular weight excluding hydrogens is 254 g/mol. The average Bonchev–Trinajstić information content (AvgIpc) is 2.41. The summed E-state index contributed by atoms with van der Waals surface area (Å²) in [4.78, 5) is 16.0. The molecule has 1 amide bonds. The third-order valence-corrected chi connectivity index (χ3v) is 3.76. The molecule has 2 aromatic rings. The highest BCUT2D eigenvalue weighted by atomic mass is 16.5. The van der Waals surface area contributed by atoms with E-state index < -0.39 is 5.91 Å². The molecule has 0 atom stereocenters. The highest BCUT2D eigenvalue weighted by Gasteiger charge is 2.31. The molecule has 5 nitrogen and oxygen atoms in total. The van der Waals surface area contributed by atoms with E-state index >= 15 is 0 Å². The van der Waals surface area contributed by atoms with Crippen LogP contribution in [0.25, 0.3) is 10.9 Å². The highest BCUT2D eigenvalue weighted by molar-refractivity contribution is 5.98. The summed E-state index contributed by atoms with van der Waals surface area (Å²) >= 11 is 0. The number of fused-ring (bicyclic) bond motifs is 1. The minimum Gasteiger partial charge on any atom is -0.474 e. The summed E-state index contributed by atoms with van der Waals surface area (Å²) in [5.41, 5.74) is 12.1. The van der Waals surface area contributed by atoms with Crippen molar-refractivity contribution >= 4 is 16.8 Å². The number of nitrogens with two attached hydrogens (primary N) is 2. The van der Waals surface area contributed by atoms with E-state index in [1.807, 2.05) is 24.3 Å². The molecule has 5 heteroatoms. The number of primary amides is 1. The number of hydrogen-bond acceptors (Lipinski definition) is 4. The van der Waals surface area contributed by atoms with E-state index in [0.29, 0.717) is 23.9 Å². The van der Waals surface area contributed by atoms with Gasteiger partial charge in [-0.25, -0.2) is 4.98 Å². The van der Waals surface area contributed by atoms with Gasteiger partial charge >= 0.3 is 0 Å². The maximum absolute atomic E-state index is 11.6. The molecule has 0 unspecified atom stereocenters. The van der Waals surface area contributed by atoms with Gasteiger partial charge in [-0.3, -0.25) is 4.79 Å². The lowest BCUT2D eigenvalue weighted by Crippen LogP contribution is -2.38. The van der Waals surface area contributed by atoms with Gasteiger partial charge in [0.25, 0.3) is 5.91 Å². The minimum atomic E-state index is -0.520. The molecule has 0 spiro atoms. The van der Waals surface area contributed by atoms with Crippen LogP contribution >= 0.6 is 0 Å². The fourth-order valence-corrected chi connectivity index (χ4v) is 2.49. The van der Waals surface area contributed by atoms with Gasteiger partial charge in [0, 0.05) is 5.39 Å². The van der Waals surface area contributed by atoms with E-state index in [4.69, 9.17) is 16.2 Å². The first-order valence-corrected chi connectivity index (χ1v) is 6.73. The number of hydrogen-bond donors (Lipinski definition) is 2. The molecule has 1 fully saturated rings. The standard InChI is InChI=1S/C15H17N3O2/c16-8-9-5-11(6-9)20-15-12(14(17)19)7-10-3-1-2-4-13(10)18-15/h1-4,7,9,11H,5-6,8,16H2,(H2,17,19). The monoisotopic (exact) mass is 271 g/mol. The van der Waals surface area contributed by atoms with Crippen molar-refractivity contribution in [3.8, 4) is 5.88 Å². The molecule has 20 heavy (non-hydrogen) atoms. The van der Waals surface area contributed by atoms with Crippen LogP contribution in [0.5, 0.6) is 5.88 Å². The van der Waals surface area contributed by atoms with Crippen LogP contribution < -0.4 is 16.2 Å². The number of aromatic nitrogens is 1. The number of ether oxygens (including phenoxy) is 1. The number of amides is 1. The average molecular weight is 271 g/mol. The lowest BCUT2D eigenvalue weighted by molar-refractivity contribution is 0.0636. The number of pyridine rings is 1. The van der Waals surface area contributed by atoms with E-state index in [0.717, 1.165) is 23.7 Å². The molecule has 0 saturated heterocycles. The zero-order chi connectivity index (χ0) is 14.1. The Hall–Kier alpha value is -2.14. The van der Waals surface area contributed by atoms with Gasteiger partial charge in [0.2, 0.25) is 5.88 Å². The second-order valence-electron chi connectivity index (χ2n) is 5.21. The van der Waals surface area contributed by atoms with Crippen molar-refractivity contribution in [1.82, 2.24) is 4.98 Å².